The van der Waals surface area contributed by atoms with Gasteiger partial charge in [-0.1, -0.05) is 39.0 Å². The minimum atomic E-state index is -0.284. The smallest absolute Gasteiger partial charge is 0.220 e. The van der Waals surface area contributed by atoms with Crippen molar-refractivity contribution in [3.63, 3.8) is 0 Å². The first kappa shape index (κ1) is 17.6. The van der Waals surface area contributed by atoms with E-state index in [1.807, 2.05) is 0 Å². The van der Waals surface area contributed by atoms with E-state index in [2.05, 4.69) is 26.1 Å². The lowest BCUT2D eigenvalue weighted by Crippen LogP contribution is -2.27. The number of hydrogen-bond donors (Lipinski definition) is 2. The molecule has 0 fully saturated rings. The van der Waals surface area contributed by atoms with Gasteiger partial charge in [-0.15, -0.1) is 0 Å². The van der Waals surface area contributed by atoms with Crippen LogP contribution in [0.3, 0.4) is 0 Å². The molecule has 1 atom stereocenters. The van der Waals surface area contributed by atoms with E-state index < -0.39 is 0 Å². The summed E-state index contributed by atoms with van der Waals surface area (Å²) in [6.07, 6.45) is 2.18. The molecule has 1 rings (SSSR count). The number of benzene rings is 1. The van der Waals surface area contributed by atoms with Crippen molar-refractivity contribution in [2.75, 3.05) is 6.54 Å². The molecule has 4 heteroatoms. The summed E-state index contributed by atoms with van der Waals surface area (Å²) in [4.78, 5) is 11.9. The predicted molar refractivity (Wildman–Crippen MR) is 84.1 cm³/mol. The molecule has 21 heavy (non-hydrogen) atoms. The van der Waals surface area contributed by atoms with Crippen molar-refractivity contribution in [2.24, 2.45) is 17.1 Å². The Balaban J connectivity index is 2.41. The summed E-state index contributed by atoms with van der Waals surface area (Å²) in [6, 6.07) is 6.49. The van der Waals surface area contributed by atoms with Gasteiger partial charge in [-0.3, -0.25) is 4.79 Å². The Kier molecular flexibility index (Phi) is 6.82. The molecule has 0 radical (unpaired) electrons. The summed E-state index contributed by atoms with van der Waals surface area (Å²) in [5.74, 6) is 0.0970. The standard InChI is InChI=1S/C17H27FN2O/c1-17(2,3)14(10-11-19)8-9-16(21)20-12-13-6-4-5-7-15(13)18/h4-7,14H,8-12,19H2,1-3H3,(H,20,21). The minimum Gasteiger partial charge on any atom is -0.352 e. The highest BCUT2D eigenvalue weighted by atomic mass is 19.1. The van der Waals surface area contributed by atoms with E-state index in [1.165, 1.54) is 6.07 Å². The highest BCUT2D eigenvalue weighted by molar-refractivity contribution is 5.75. The lowest BCUT2D eigenvalue weighted by Gasteiger charge is -2.30. The predicted octanol–water partition coefficient (Wildman–Crippen LogP) is 3.23. The van der Waals surface area contributed by atoms with E-state index in [9.17, 15) is 9.18 Å². The molecular formula is C17H27FN2O. The number of rotatable bonds is 7. The van der Waals surface area contributed by atoms with Crippen LogP contribution in [0.2, 0.25) is 0 Å². The van der Waals surface area contributed by atoms with Crippen LogP contribution >= 0.6 is 0 Å². The van der Waals surface area contributed by atoms with Crippen molar-refractivity contribution in [3.05, 3.63) is 35.6 Å². The molecule has 1 amide bonds. The first-order valence-electron chi connectivity index (χ1n) is 7.54. The van der Waals surface area contributed by atoms with Crippen LogP contribution in [-0.4, -0.2) is 12.5 Å². The Morgan fingerprint density at radius 2 is 1.95 bits per heavy atom. The average Bonchev–Trinajstić information content (AvgIpc) is 2.41. The van der Waals surface area contributed by atoms with Gasteiger partial charge in [-0.2, -0.15) is 0 Å². The van der Waals surface area contributed by atoms with E-state index in [-0.39, 0.29) is 23.7 Å². The molecule has 0 aromatic heterocycles. The Labute approximate surface area is 127 Å². The second kappa shape index (κ2) is 8.13. The lowest BCUT2D eigenvalue weighted by molar-refractivity contribution is -0.121. The fourth-order valence-corrected chi connectivity index (χ4v) is 2.44. The Morgan fingerprint density at radius 3 is 2.52 bits per heavy atom. The summed E-state index contributed by atoms with van der Waals surface area (Å²) in [5.41, 5.74) is 6.30. The van der Waals surface area contributed by atoms with Crippen molar-refractivity contribution in [2.45, 2.75) is 46.6 Å². The second-order valence-corrected chi connectivity index (χ2v) is 6.55. The molecular weight excluding hydrogens is 267 g/mol. The zero-order valence-electron chi connectivity index (χ0n) is 13.3. The minimum absolute atomic E-state index is 0.0375. The van der Waals surface area contributed by atoms with E-state index in [0.29, 0.717) is 24.4 Å². The number of nitrogens with two attached hydrogens (primary N) is 1. The van der Waals surface area contributed by atoms with Crippen LogP contribution in [0.25, 0.3) is 0 Å². The lowest BCUT2D eigenvalue weighted by atomic mass is 9.76. The number of amides is 1. The molecule has 118 valence electrons. The van der Waals surface area contributed by atoms with Crippen molar-refractivity contribution in [3.8, 4) is 0 Å². The first-order valence-corrected chi connectivity index (χ1v) is 7.54. The highest BCUT2D eigenvalue weighted by Crippen LogP contribution is 2.31. The van der Waals surface area contributed by atoms with Gasteiger partial charge >= 0.3 is 0 Å². The molecule has 0 spiro atoms. The van der Waals surface area contributed by atoms with Crippen LogP contribution in [0.15, 0.2) is 24.3 Å². The van der Waals surface area contributed by atoms with E-state index >= 15 is 0 Å². The molecule has 0 aliphatic carbocycles. The molecule has 1 unspecified atom stereocenters. The SMILES string of the molecule is CC(C)(C)C(CCN)CCC(=O)NCc1ccccc1F. The van der Waals surface area contributed by atoms with Crippen LogP contribution in [0.1, 0.15) is 45.6 Å². The van der Waals surface area contributed by atoms with Gasteiger partial charge in [-0.05, 0) is 36.8 Å². The topological polar surface area (TPSA) is 55.1 Å². The van der Waals surface area contributed by atoms with E-state index in [4.69, 9.17) is 5.73 Å². The van der Waals surface area contributed by atoms with Crippen LogP contribution in [0.5, 0.6) is 0 Å². The molecule has 0 aliphatic heterocycles. The molecule has 1 aromatic rings. The van der Waals surface area contributed by atoms with Crippen LogP contribution in [0.4, 0.5) is 4.39 Å². The summed E-state index contributed by atoms with van der Waals surface area (Å²) in [6.45, 7) is 7.39. The molecule has 3 N–H and O–H groups in total. The molecule has 0 aliphatic rings. The van der Waals surface area contributed by atoms with E-state index in [0.717, 1.165) is 12.8 Å². The number of carbonyl (C=O) groups excluding carboxylic acids is 1. The zero-order valence-corrected chi connectivity index (χ0v) is 13.3. The van der Waals surface area contributed by atoms with Crippen LogP contribution in [0, 0.1) is 17.2 Å². The maximum absolute atomic E-state index is 13.4. The number of carbonyl (C=O) groups is 1. The van der Waals surface area contributed by atoms with Crippen molar-refractivity contribution in [1.82, 2.24) is 5.32 Å². The Morgan fingerprint density at radius 1 is 1.29 bits per heavy atom. The largest absolute Gasteiger partial charge is 0.352 e. The van der Waals surface area contributed by atoms with Gasteiger partial charge < -0.3 is 11.1 Å². The quantitative estimate of drug-likeness (QED) is 0.811. The third kappa shape index (κ3) is 6.25. The third-order valence-electron chi connectivity index (χ3n) is 3.89. The van der Waals surface area contributed by atoms with Crippen molar-refractivity contribution < 1.29 is 9.18 Å². The summed E-state index contributed by atoms with van der Waals surface area (Å²) in [7, 11) is 0. The van der Waals surface area contributed by atoms with Gasteiger partial charge in [0.15, 0.2) is 0 Å². The highest BCUT2D eigenvalue weighted by Gasteiger charge is 2.24. The fourth-order valence-electron chi connectivity index (χ4n) is 2.44. The third-order valence-corrected chi connectivity index (χ3v) is 3.89. The monoisotopic (exact) mass is 294 g/mol. The number of halogens is 1. The van der Waals surface area contributed by atoms with Gasteiger partial charge in [0.2, 0.25) is 5.91 Å². The first-order chi connectivity index (χ1) is 9.84. The molecule has 0 bridgehead atoms. The molecule has 0 saturated carbocycles. The Bertz CT molecular complexity index is 454. The van der Waals surface area contributed by atoms with Gasteiger partial charge in [0, 0.05) is 18.5 Å². The van der Waals surface area contributed by atoms with Gasteiger partial charge in [0.25, 0.3) is 0 Å². The molecule has 1 aromatic carbocycles. The number of nitrogens with one attached hydrogen (secondary N) is 1. The molecule has 0 saturated heterocycles. The summed E-state index contributed by atoms with van der Waals surface area (Å²) in [5, 5.41) is 2.78. The van der Waals surface area contributed by atoms with Gasteiger partial charge in [-0.25, -0.2) is 4.39 Å². The molecule has 0 heterocycles. The second-order valence-electron chi connectivity index (χ2n) is 6.55. The summed E-state index contributed by atoms with van der Waals surface area (Å²) >= 11 is 0. The normalized spacial score (nSPS) is 13.0. The van der Waals surface area contributed by atoms with Gasteiger partial charge in [0.05, 0.1) is 0 Å². The van der Waals surface area contributed by atoms with Crippen molar-refractivity contribution in [1.29, 1.82) is 0 Å². The van der Waals surface area contributed by atoms with Gasteiger partial charge in [0.1, 0.15) is 5.82 Å². The maximum Gasteiger partial charge on any atom is 0.220 e. The maximum atomic E-state index is 13.4. The number of hydrogen-bond acceptors (Lipinski definition) is 2. The van der Waals surface area contributed by atoms with Crippen LogP contribution in [-0.2, 0) is 11.3 Å². The summed E-state index contributed by atoms with van der Waals surface area (Å²) < 4.78 is 13.4. The van der Waals surface area contributed by atoms with Crippen LogP contribution < -0.4 is 11.1 Å². The van der Waals surface area contributed by atoms with E-state index in [1.54, 1.807) is 18.2 Å². The molecule has 3 nitrogen and oxygen atoms in total. The Hall–Kier alpha value is -1.42. The zero-order chi connectivity index (χ0) is 15.9. The fraction of sp³-hybridized carbons (Fsp3) is 0.588. The average molecular weight is 294 g/mol. The van der Waals surface area contributed by atoms with Crippen molar-refractivity contribution >= 4 is 5.91 Å².